The molecule has 3 heterocycles. The molecule has 0 radical (unpaired) electrons. The van der Waals surface area contributed by atoms with Crippen molar-refractivity contribution in [1.29, 1.82) is 0 Å². The Kier molecular flexibility index (Phi) is 6.02. The van der Waals surface area contributed by atoms with E-state index in [1.165, 1.54) is 5.56 Å². The predicted octanol–water partition coefficient (Wildman–Crippen LogP) is 2.40. The highest BCUT2D eigenvalue weighted by Gasteiger charge is 2.32. The number of para-hydroxylation sites is 1. The minimum Gasteiger partial charge on any atom is -0.321 e. The van der Waals surface area contributed by atoms with Gasteiger partial charge in [0.15, 0.2) is 5.82 Å². The van der Waals surface area contributed by atoms with E-state index in [2.05, 4.69) is 49.5 Å². The standard InChI is InChI=1S/C25H29N7O/c1-18-7-6-10-20-17-21(25(33)26-22(18)20)23(31-15-13-30(2)14-16-31)24-27-28-29-32(24)12-11-19-8-4-3-5-9-19/h3-10,17,23H,11-16H2,1-2H3,(H,26,33)/t23-/m0/s1. The quantitative estimate of drug-likeness (QED) is 0.493. The lowest BCUT2D eigenvalue weighted by Gasteiger charge is -2.37. The molecular weight excluding hydrogens is 414 g/mol. The zero-order valence-corrected chi connectivity index (χ0v) is 19.1. The molecule has 33 heavy (non-hydrogen) atoms. The first-order chi connectivity index (χ1) is 16.1. The summed E-state index contributed by atoms with van der Waals surface area (Å²) in [6.45, 7) is 6.23. The average Bonchev–Trinajstić information content (AvgIpc) is 3.29. The molecule has 5 rings (SSSR count). The number of aromatic nitrogens is 5. The number of tetrazole rings is 1. The van der Waals surface area contributed by atoms with Gasteiger partial charge in [-0.1, -0.05) is 48.5 Å². The van der Waals surface area contributed by atoms with Crippen molar-refractivity contribution in [2.45, 2.75) is 25.9 Å². The molecular formula is C25H29N7O. The summed E-state index contributed by atoms with van der Waals surface area (Å²) in [5.74, 6) is 0.716. The molecule has 2 aromatic heterocycles. The van der Waals surface area contributed by atoms with Crippen molar-refractivity contribution in [2.75, 3.05) is 33.2 Å². The van der Waals surface area contributed by atoms with E-state index in [1.807, 2.05) is 54.1 Å². The number of likely N-dealkylation sites (N-methyl/N-ethyl adjacent to an activating group) is 1. The lowest BCUT2D eigenvalue weighted by atomic mass is 10.0. The number of aromatic amines is 1. The first-order valence-corrected chi connectivity index (χ1v) is 11.5. The van der Waals surface area contributed by atoms with Gasteiger partial charge in [0.2, 0.25) is 0 Å². The van der Waals surface area contributed by atoms with E-state index in [9.17, 15) is 4.79 Å². The number of H-pyrrole nitrogens is 1. The fourth-order valence-corrected chi connectivity index (χ4v) is 4.63. The van der Waals surface area contributed by atoms with E-state index in [0.717, 1.165) is 49.1 Å². The molecule has 8 nitrogen and oxygen atoms in total. The normalized spacial score (nSPS) is 16.3. The van der Waals surface area contributed by atoms with Crippen LogP contribution in [0.4, 0.5) is 0 Å². The van der Waals surface area contributed by atoms with Gasteiger partial charge in [-0.25, -0.2) is 4.68 Å². The Morgan fingerprint density at radius 1 is 1.03 bits per heavy atom. The Balaban J connectivity index is 1.56. The van der Waals surface area contributed by atoms with Crippen molar-refractivity contribution in [2.24, 2.45) is 0 Å². The van der Waals surface area contributed by atoms with E-state index in [1.54, 1.807) is 0 Å². The Hall–Kier alpha value is -3.36. The largest absolute Gasteiger partial charge is 0.321 e. The van der Waals surface area contributed by atoms with Crippen LogP contribution >= 0.6 is 0 Å². The first-order valence-electron chi connectivity index (χ1n) is 11.5. The molecule has 4 aromatic rings. The fraction of sp³-hybridized carbons (Fsp3) is 0.360. The molecule has 1 saturated heterocycles. The third-order valence-corrected chi connectivity index (χ3v) is 6.57. The highest BCUT2D eigenvalue weighted by Crippen LogP contribution is 2.28. The van der Waals surface area contributed by atoms with Crippen LogP contribution in [0.25, 0.3) is 10.9 Å². The minimum absolute atomic E-state index is 0.0849. The van der Waals surface area contributed by atoms with Crippen molar-refractivity contribution in [3.05, 3.63) is 87.5 Å². The van der Waals surface area contributed by atoms with Crippen LogP contribution in [-0.4, -0.2) is 68.2 Å². The summed E-state index contributed by atoms with van der Waals surface area (Å²) in [6, 6.07) is 18.1. The summed E-state index contributed by atoms with van der Waals surface area (Å²) >= 11 is 0. The Morgan fingerprint density at radius 2 is 1.82 bits per heavy atom. The predicted molar refractivity (Wildman–Crippen MR) is 128 cm³/mol. The van der Waals surface area contributed by atoms with E-state index < -0.39 is 0 Å². The van der Waals surface area contributed by atoms with Gasteiger partial charge in [-0.3, -0.25) is 9.69 Å². The second-order valence-corrected chi connectivity index (χ2v) is 8.83. The molecule has 1 N–H and O–H groups in total. The average molecular weight is 444 g/mol. The number of hydrogen-bond donors (Lipinski definition) is 1. The lowest BCUT2D eigenvalue weighted by Crippen LogP contribution is -2.47. The molecule has 1 aliphatic rings. The third-order valence-electron chi connectivity index (χ3n) is 6.57. The molecule has 2 aromatic carbocycles. The summed E-state index contributed by atoms with van der Waals surface area (Å²) in [4.78, 5) is 21.1. The van der Waals surface area contributed by atoms with Crippen molar-refractivity contribution in [3.63, 3.8) is 0 Å². The summed E-state index contributed by atoms with van der Waals surface area (Å²) in [5.41, 5.74) is 3.77. The number of fused-ring (bicyclic) bond motifs is 1. The van der Waals surface area contributed by atoms with Gasteiger partial charge < -0.3 is 9.88 Å². The maximum absolute atomic E-state index is 13.3. The number of rotatable bonds is 6. The molecule has 0 aliphatic carbocycles. The smallest absolute Gasteiger partial charge is 0.253 e. The van der Waals surface area contributed by atoms with Crippen LogP contribution in [0.15, 0.2) is 59.4 Å². The van der Waals surface area contributed by atoms with Crippen LogP contribution in [0.5, 0.6) is 0 Å². The summed E-state index contributed by atoms with van der Waals surface area (Å²) in [6.07, 6.45) is 0.821. The second kappa shape index (κ2) is 9.25. The molecule has 0 spiro atoms. The van der Waals surface area contributed by atoms with Crippen LogP contribution in [0, 0.1) is 6.92 Å². The zero-order valence-electron chi connectivity index (χ0n) is 19.1. The maximum atomic E-state index is 13.3. The number of nitrogens with zero attached hydrogens (tertiary/aromatic N) is 6. The minimum atomic E-state index is -0.307. The number of aryl methyl sites for hydroxylation is 3. The number of pyridine rings is 1. The van der Waals surface area contributed by atoms with Gasteiger partial charge >= 0.3 is 0 Å². The van der Waals surface area contributed by atoms with Gasteiger partial charge in [-0.15, -0.1) is 5.10 Å². The summed E-state index contributed by atoms with van der Waals surface area (Å²) < 4.78 is 1.86. The SMILES string of the molecule is Cc1cccc2cc([C@@H](c3nnnn3CCc3ccccc3)N3CCN(C)CC3)c(=O)[nH]c12. The van der Waals surface area contributed by atoms with Gasteiger partial charge in [-0.2, -0.15) is 0 Å². The third kappa shape index (κ3) is 4.44. The van der Waals surface area contributed by atoms with E-state index in [0.29, 0.717) is 17.9 Å². The van der Waals surface area contributed by atoms with Gasteiger partial charge in [0.1, 0.15) is 6.04 Å². The highest BCUT2D eigenvalue weighted by atomic mass is 16.1. The Labute approximate surface area is 192 Å². The van der Waals surface area contributed by atoms with Crippen LogP contribution in [0.2, 0.25) is 0 Å². The van der Waals surface area contributed by atoms with Crippen LogP contribution in [0.1, 0.15) is 28.6 Å². The van der Waals surface area contributed by atoms with Gasteiger partial charge in [-0.05, 0) is 53.4 Å². The fourth-order valence-electron chi connectivity index (χ4n) is 4.63. The maximum Gasteiger partial charge on any atom is 0.253 e. The highest BCUT2D eigenvalue weighted by molar-refractivity contribution is 5.82. The van der Waals surface area contributed by atoms with Gasteiger partial charge in [0.05, 0.1) is 5.52 Å². The molecule has 0 unspecified atom stereocenters. The topological polar surface area (TPSA) is 82.9 Å². The van der Waals surface area contributed by atoms with Crippen LogP contribution in [0.3, 0.4) is 0 Å². The molecule has 8 heteroatoms. The van der Waals surface area contributed by atoms with Crippen molar-refractivity contribution >= 4 is 10.9 Å². The summed E-state index contributed by atoms with van der Waals surface area (Å²) in [7, 11) is 2.13. The first kappa shape index (κ1) is 21.5. The van der Waals surface area contributed by atoms with Gasteiger partial charge in [0.25, 0.3) is 5.56 Å². The molecule has 1 atom stereocenters. The Morgan fingerprint density at radius 3 is 2.61 bits per heavy atom. The van der Waals surface area contributed by atoms with Gasteiger partial charge in [0, 0.05) is 38.3 Å². The number of piperazine rings is 1. The molecule has 0 bridgehead atoms. The molecule has 170 valence electrons. The molecule has 0 amide bonds. The number of benzene rings is 2. The van der Waals surface area contributed by atoms with Crippen LogP contribution in [-0.2, 0) is 13.0 Å². The Bertz CT molecular complexity index is 1290. The number of hydrogen-bond acceptors (Lipinski definition) is 6. The van der Waals surface area contributed by atoms with Crippen molar-refractivity contribution < 1.29 is 0 Å². The lowest BCUT2D eigenvalue weighted by molar-refractivity contribution is 0.121. The van der Waals surface area contributed by atoms with Crippen molar-refractivity contribution in [3.8, 4) is 0 Å². The van der Waals surface area contributed by atoms with Crippen LogP contribution < -0.4 is 5.56 Å². The van der Waals surface area contributed by atoms with E-state index in [4.69, 9.17) is 0 Å². The van der Waals surface area contributed by atoms with E-state index in [-0.39, 0.29) is 11.6 Å². The summed E-state index contributed by atoms with van der Waals surface area (Å²) in [5, 5.41) is 13.8. The van der Waals surface area contributed by atoms with E-state index >= 15 is 0 Å². The molecule has 1 aliphatic heterocycles. The molecule has 1 fully saturated rings. The van der Waals surface area contributed by atoms with Crippen molar-refractivity contribution in [1.82, 2.24) is 35.0 Å². The molecule has 0 saturated carbocycles. The number of nitrogens with one attached hydrogen (secondary N) is 1. The zero-order chi connectivity index (χ0) is 22.8. The monoisotopic (exact) mass is 443 g/mol. The second-order valence-electron chi connectivity index (χ2n) is 8.83.